The molecule has 3 aromatic rings. The number of nitrogens with zero attached hydrogens (tertiary/aromatic N) is 2. The molecule has 0 unspecified atom stereocenters. The molecule has 0 radical (unpaired) electrons. The van der Waals surface area contributed by atoms with Crippen molar-refractivity contribution in [3.8, 4) is 11.1 Å². The van der Waals surface area contributed by atoms with Gasteiger partial charge in [0.2, 0.25) is 0 Å². The average molecular weight is 236 g/mol. The van der Waals surface area contributed by atoms with E-state index in [0.717, 1.165) is 11.3 Å². The predicted octanol–water partition coefficient (Wildman–Crippen LogP) is 3.93. The predicted molar refractivity (Wildman–Crippen MR) is 74.8 cm³/mol. The quantitative estimate of drug-likeness (QED) is 0.626. The Kier molecular flexibility index (Phi) is 2.44. The second-order valence-electron chi connectivity index (χ2n) is 4.84. The van der Waals surface area contributed by atoms with E-state index < -0.39 is 0 Å². The molecule has 18 heavy (non-hydrogen) atoms. The van der Waals surface area contributed by atoms with Crippen molar-refractivity contribution in [3.63, 3.8) is 0 Å². The molecule has 0 saturated carbocycles. The second-order valence-corrected chi connectivity index (χ2v) is 4.84. The highest BCUT2D eigenvalue weighted by Crippen LogP contribution is 2.25. The van der Waals surface area contributed by atoms with Crippen LogP contribution in [0.1, 0.15) is 17.0 Å². The van der Waals surface area contributed by atoms with Gasteiger partial charge >= 0.3 is 0 Å². The third-order valence-electron chi connectivity index (χ3n) is 3.41. The number of fused-ring (bicyclic) bond motifs is 1. The zero-order chi connectivity index (χ0) is 12.7. The zero-order valence-electron chi connectivity index (χ0n) is 10.9. The van der Waals surface area contributed by atoms with Crippen LogP contribution in [0.4, 0.5) is 0 Å². The maximum atomic E-state index is 4.33. The smallest absolute Gasteiger partial charge is 0.110 e. The molecular weight excluding hydrogens is 220 g/mol. The Morgan fingerprint density at radius 1 is 1.00 bits per heavy atom. The van der Waals surface area contributed by atoms with E-state index in [1.165, 1.54) is 22.3 Å². The van der Waals surface area contributed by atoms with Gasteiger partial charge in [0.15, 0.2) is 0 Å². The van der Waals surface area contributed by atoms with Gasteiger partial charge < -0.3 is 4.40 Å². The Balaban J connectivity index is 2.21. The summed E-state index contributed by atoms with van der Waals surface area (Å²) in [6.07, 6.45) is 4.07. The Morgan fingerprint density at radius 2 is 1.83 bits per heavy atom. The molecule has 0 amide bonds. The Hall–Kier alpha value is -2.09. The van der Waals surface area contributed by atoms with Gasteiger partial charge in [0.25, 0.3) is 0 Å². The highest BCUT2D eigenvalue weighted by Gasteiger charge is 2.05. The molecule has 0 atom stereocenters. The second kappa shape index (κ2) is 3.98. The molecule has 2 heteroatoms. The molecule has 0 spiro atoms. The number of aryl methyl sites for hydroxylation is 3. The first-order valence-corrected chi connectivity index (χ1v) is 6.16. The molecule has 0 saturated heterocycles. The molecule has 2 heterocycles. The van der Waals surface area contributed by atoms with E-state index in [1.807, 2.05) is 13.1 Å². The standard InChI is InChI=1S/C16H16N2/c1-11-4-7-16(12(2)8-11)14-5-6-15-9-17-13(3)18(15)10-14/h4-10H,1-3H3. The van der Waals surface area contributed by atoms with E-state index in [-0.39, 0.29) is 0 Å². The monoisotopic (exact) mass is 236 g/mol. The van der Waals surface area contributed by atoms with Crippen molar-refractivity contribution in [2.75, 3.05) is 0 Å². The van der Waals surface area contributed by atoms with Crippen molar-refractivity contribution in [2.24, 2.45) is 0 Å². The highest BCUT2D eigenvalue weighted by molar-refractivity contribution is 5.69. The molecule has 0 fully saturated rings. The molecule has 90 valence electrons. The van der Waals surface area contributed by atoms with Crippen molar-refractivity contribution in [3.05, 3.63) is 59.7 Å². The minimum Gasteiger partial charge on any atom is -0.303 e. The maximum absolute atomic E-state index is 4.33. The minimum atomic E-state index is 1.02. The van der Waals surface area contributed by atoms with Gasteiger partial charge in [-0.3, -0.25) is 0 Å². The summed E-state index contributed by atoms with van der Waals surface area (Å²) < 4.78 is 2.13. The summed E-state index contributed by atoms with van der Waals surface area (Å²) in [6, 6.07) is 10.9. The first-order valence-electron chi connectivity index (χ1n) is 6.16. The summed E-state index contributed by atoms with van der Waals surface area (Å²) in [6.45, 7) is 6.31. The van der Waals surface area contributed by atoms with E-state index in [0.29, 0.717) is 0 Å². The normalized spacial score (nSPS) is 11.1. The third-order valence-corrected chi connectivity index (χ3v) is 3.41. The van der Waals surface area contributed by atoms with Crippen LogP contribution >= 0.6 is 0 Å². The fraction of sp³-hybridized carbons (Fsp3) is 0.188. The summed E-state index contributed by atoms with van der Waals surface area (Å²) in [5.74, 6) is 1.02. The van der Waals surface area contributed by atoms with Crippen molar-refractivity contribution < 1.29 is 0 Å². The Morgan fingerprint density at radius 3 is 2.61 bits per heavy atom. The first-order chi connectivity index (χ1) is 8.65. The number of hydrogen-bond acceptors (Lipinski definition) is 1. The van der Waals surface area contributed by atoms with Crippen LogP contribution in [0.5, 0.6) is 0 Å². The lowest BCUT2D eigenvalue weighted by atomic mass is 10.00. The van der Waals surface area contributed by atoms with Gasteiger partial charge in [-0.25, -0.2) is 4.98 Å². The van der Waals surface area contributed by atoms with E-state index in [9.17, 15) is 0 Å². The lowest BCUT2D eigenvalue weighted by Gasteiger charge is -2.08. The SMILES string of the molecule is Cc1ccc(-c2ccc3cnc(C)n3c2)c(C)c1. The van der Waals surface area contributed by atoms with Crippen LogP contribution < -0.4 is 0 Å². The van der Waals surface area contributed by atoms with Gasteiger partial charge in [0, 0.05) is 6.20 Å². The number of benzene rings is 1. The Labute approximate surface area is 107 Å². The van der Waals surface area contributed by atoms with Crippen LogP contribution in [0.25, 0.3) is 16.6 Å². The van der Waals surface area contributed by atoms with Gasteiger partial charge in [0.05, 0.1) is 11.7 Å². The van der Waals surface area contributed by atoms with E-state index >= 15 is 0 Å². The molecule has 0 N–H and O–H groups in total. The average Bonchev–Trinajstić information content (AvgIpc) is 2.71. The lowest BCUT2D eigenvalue weighted by molar-refractivity contribution is 1.05. The molecule has 2 nitrogen and oxygen atoms in total. The lowest BCUT2D eigenvalue weighted by Crippen LogP contribution is -1.91. The summed E-state index contributed by atoms with van der Waals surface area (Å²) in [5.41, 5.74) is 6.28. The molecule has 0 aliphatic heterocycles. The van der Waals surface area contributed by atoms with Crippen LogP contribution in [0.3, 0.4) is 0 Å². The molecule has 3 rings (SSSR count). The summed E-state index contributed by atoms with van der Waals surface area (Å²) in [4.78, 5) is 4.33. The number of rotatable bonds is 1. The Bertz CT molecular complexity index is 723. The van der Waals surface area contributed by atoms with E-state index in [1.54, 1.807) is 0 Å². The van der Waals surface area contributed by atoms with Crippen molar-refractivity contribution in [1.82, 2.24) is 9.38 Å². The van der Waals surface area contributed by atoms with E-state index in [4.69, 9.17) is 0 Å². The van der Waals surface area contributed by atoms with Gasteiger partial charge in [0.1, 0.15) is 5.82 Å². The first kappa shape index (κ1) is 11.0. The van der Waals surface area contributed by atoms with Crippen LogP contribution in [-0.4, -0.2) is 9.38 Å². The number of imidazole rings is 1. The van der Waals surface area contributed by atoms with Crippen LogP contribution in [0.15, 0.2) is 42.7 Å². The zero-order valence-corrected chi connectivity index (χ0v) is 10.9. The highest BCUT2D eigenvalue weighted by atomic mass is 15.0. The maximum Gasteiger partial charge on any atom is 0.110 e. The molecule has 0 aliphatic rings. The molecule has 0 aliphatic carbocycles. The fourth-order valence-electron chi connectivity index (χ4n) is 2.42. The summed E-state index contributed by atoms with van der Waals surface area (Å²) >= 11 is 0. The van der Waals surface area contributed by atoms with Crippen molar-refractivity contribution in [2.45, 2.75) is 20.8 Å². The van der Waals surface area contributed by atoms with Crippen molar-refractivity contribution >= 4 is 5.52 Å². The topological polar surface area (TPSA) is 17.3 Å². The van der Waals surface area contributed by atoms with Gasteiger partial charge in [-0.1, -0.05) is 29.8 Å². The van der Waals surface area contributed by atoms with E-state index in [2.05, 4.69) is 59.8 Å². The van der Waals surface area contributed by atoms with Gasteiger partial charge in [-0.05, 0) is 43.5 Å². The van der Waals surface area contributed by atoms with Gasteiger partial charge in [-0.2, -0.15) is 0 Å². The van der Waals surface area contributed by atoms with Crippen molar-refractivity contribution in [1.29, 1.82) is 0 Å². The third kappa shape index (κ3) is 1.70. The minimum absolute atomic E-state index is 1.02. The molecule has 2 aromatic heterocycles. The number of aromatic nitrogens is 2. The summed E-state index contributed by atoms with van der Waals surface area (Å²) in [7, 11) is 0. The number of hydrogen-bond donors (Lipinski definition) is 0. The summed E-state index contributed by atoms with van der Waals surface area (Å²) in [5, 5.41) is 0. The van der Waals surface area contributed by atoms with Crippen LogP contribution in [-0.2, 0) is 0 Å². The molecule has 1 aromatic carbocycles. The largest absolute Gasteiger partial charge is 0.303 e. The molecular formula is C16H16N2. The molecule has 0 bridgehead atoms. The number of pyridine rings is 1. The van der Waals surface area contributed by atoms with Crippen LogP contribution in [0, 0.1) is 20.8 Å². The van der Waals surface area contributed by atoms with Gasteiger partial charge in [-0.15, -0.1) is 0 Å². The van der Waals surface area contributed by atoms with Crippen LogP contribution in [0.2, 0.25) is 0 Å². The fourth-order valence-corrected chi connectivity index (χ4v) is 2.42.